The summed E-state index contributed by atoms with van der Waals surface area (Å²) in [5.41, 5.74) is 1.49. The molecule has 0 radical (unpaired) electrons. The van der Waals surface area contributed by atoms with Gasteiger partial charge in [-0.1, -0.05) is 12.1 Å². The second-order valence-corrected chi connectivity index (χ2v) is 4.07. The van der Waals surface area contributed by atoms with Crippen LogP contribution in [0.25, 0.3) is 11.0 Å². The SMILES string of the molecule is CCn1c(=O)n(CC(=O)COC)c2ccccc21. The highest BCUT2D eigenvalue weighted by atomic mass is 16.5. The highest BCUT2D eigenvalue weighted by molar-refractivity contribution is 5.82. The largest absolute Gasteiger partial charge is 0.377 e. The van der Waals surface area contributed by atoms with Crippen LogP contribution in [0.1, 0.15) is 6.92 Å². The highest BCUT2D eigenvalue weighted by Gasteiger charge is 2.13. The third kappa shape index (κ3) is 2.09. The molecule has 0 bridgehead atoms. The number of Topliss-reactive ketones (excluding diaryl/α,β-unsaturated/α-hetero) is 1. The van der Waals surface area contributed by atoms with Crippen molar-refractivity contribution < 1.29 is 9.53 Å². The summed E-state index contributed by atoms with van der Waals surface area (Å²) in [5.74, 6) is -0.112. The van der Waals surface area contributed by atoms with Crippen LogP contribution in [0.4, 0.5) is 0 Å². The number of ether oxygens (including phenoxy) is 1. The standard InChI is InChI=1S/C13H16N2O3/c1-3-14-11-6-4-5-7-12(11)15(13(14)17)8-10(16)9-18-2/h4-7H,3,8-9H2,1-2H3. The zero-order chi connectivity index (χ0) is 13.1. The summed E-state index contributed by atoms with van der Waals surface area (Å²) >= 11 is 0. The topological polar surface area (TPSA) is 53.2 Å². The van der Waals surface area contributed by atoms with Gasteiger partial charge in [0.2, 0.25) is 0 Å². The van der Waals surface area contributed by atoms with Crippen molar-refractivity contribution in [3.8, 4) is 0 Å². The fraction of sp³-hybridized carbons (Fsp3) is 0.385. The maximum atomic E-state index is 12.2. The number of ketones is 1. The maximum Gasteiger partial charge on any atom is 0.329 e. The lowest BCUT2D eigenvalue weighted by molar-refractivity contribution is -0.123. The minimum Gasteiger partial charge on any atom is -0.377 e. The average Bonchev–Trinajstić information content (AvgIpc) is 2.63. The number of fused-ring (bicyclic) bond motifs is 1. The molecule has 0 aliphatic rings. The first-order valence-electron chi connectivity index (χ1n) is 5.87. The molecule has 18 heavy (non-hydrogen) atoms. The Kier molecular flexibility index (Phi) is 3.62. The van der Waals surface area contributed by atoms with Gasteiger partial charge in [-0.25, -0.2) is 4.79 Å². The van der Waals surface area contributed by atoms with Gasteiger partial charge in [-0.2, -0.15) is 0 Å². The van der Waals surface area contributed by atoms with Crippen molar-refractivity contribution in [1.29, 1.82) is 0 Å². The quantitative estimate of drug-likeness (QED) is 0.794. The molecule has 0 aliphatic heterocycles. The van der Waals surface area contributed by atoms with E-state index in [1.807, 2.05) is 31.2 Å². The number of aromatic nitrogens is 2. The number of para-hydroxylation sites is 2. The highest BCUT2D eigenvalue weighted by Crippen LogP contribution is 2.12. The Morgan fingerprint density at radius 3 is 2.39 bits per heavy atom. The van der Waals surface area contributed by atoms with Gasteiger partial charge in [0.1, 0.15) is 6.61 Å². The van der Waals surface area contributed by atoms with E-state index in [2.05, 4.69) is 0 Å². The number of hydrogen-bond donors (Lipinski definition) is 0. The van der Waals surface area contributed by atoms with Gasteiger partial charge in [0, 0.05) is 13.7 Å². The van der Waals surface area contributed by atoms with E-state index in [0.717, 1.165) is 11.0 Å². The maximum absolute atomic E-state index is 12.2. The molecular formula is C13H16N2O3. The Morgan fingerprint density at radius 1 is 1.22 bits per heavy atom. The van der Waals surface area contributed by atoms with Gasteiger partial charge in [-0.05, 0) is 19.1 Å². The van der Waals surface area contributed by atoms with Gasteiger partial charge in [0.15, 0.2) is 5.78 Å². The Labute approximate surface area is 105 Å². The molecule has 0 N–H and O–H groups in total. The Bertz CT molecular complexity index is 625. The van der Waals surface area contributed by atoms with E-state index < -0.39 is 0 Å². The van der Waals surface area contributed by atoms with Crippen LogP contribution >= 0.6 is 0 Å². The minimum absolute atomic E-state index is 0.0259. The molecule has 0 saturated carbocycles. The lowest BCUT2D eigenvalue weighted by Crippen LogP contribution is -2.27. The van der Waals surface area contributed by atoms with E-state index in [9.17, 15) is 9.59 Å². The van der Waals surface area contributed by atoms with E-state index in [1.165, 1.54) is 11.7 Å². The molecule has 2 rings (SSSR count). The normalized spacial score (nSPS) is 11.0. The van der Waals surface area contributed by atoms with E-state index >= 15 is 0 Å². The predicted octanol–water partition coefficient (Wildman–Crippen LogP) is 1.04. The number of methoxy groups -OCH3 is 1. The Morgan fingerprint density at radius 2 is 1.83 bits per heavy atom. The summed E-state index contributed by atoms with van der Waals surface area (Å²) in [6.07, 6.45) is 0. The average molecular weight is 248 g/mol. The molecule has 1 aromatic heterocycles. The number of carbonyl (C=O) groups excluding carboxylic acids is 1. The lowest BCUT2D eigenvalue weighted by atomic mass is 10.3. The van der Waals surface area contributed by atoms with E-state index in [0.29, 0.717) is 6.54 Å². The molecule has 5 nitrogen and oxygen atoms in total. The number of imidazole rings is 1. The molecule has 0 fully saturated rings. The first-order chi connectivity index (χ1) is 8.69. The van der Waals surface area contributed by atoms with Crippen LogP contribution in [0.5, 0.6) is 0 Å². The van der Waals surface area contributed by atoms with Crippen LogP contribution in [0, 0.1) is 0 Å². The third-order valence-electron chi connectivity index (χ3n) is 2.88. The van der Waals surface area contributed by atoms with Crippen molar-refractivity contribution in [3.05, 3.63) is 34.7 Å². The van der Waals surface area contributed by atoms with Gasteiger partial charge in [0.05, 0.1) is 17.6 Å². The lowest BCUT2D eigenvalue weighted by Gasteiger charge is -2.01. The molecule has 0 saturated heterocycles. The van der Waals surface area contributed by atoms with Crippen LogP contribution in [0.3, 0.4) is 0 Å². The van der Waals surface area contributed by atoms with Crippen LogP contribution in [-0.4, -0.2) is 28.6 Å². The number of carbonyl (C=O) groups is 1. The first kappa shape index (κ1) is 12.6. The molecule has 2 aromatic rings. The summed E-state index contributed by atoms with van der Waals surface area (Å²) in [7, 11) is 1.47. The van der Waals surface area contributed by atoms with Crippen molar-refractivity contribution >= 4 is 16.8 Å². The molecule has 0 unspecified atom stereocenters. The third-order valence-corrected chi connectivity index (χ3v) is 2.88. The number of rotatable bonds is 5. The number of benzene rings is 1. The van der Waals surface area contributed by atoms with Gasteiger partial charge in [0.25, 0.3) is 0 Å². The second kappa shape index (κ2) is 5.18. The van der Waals surface area contributed by atoms with Crippen molar-refractivity contribution in [2.75, 3.05) is 13.7 Å². The molecule has 0 aliphatic carbocycles. The Hall–Kier alpha value is -1.88. The van der Waals surface area contributed by atoms with Crippen LogP contribution < -0.4 is 5.69 Å². The van der Waals surface area contributed by atoms with Gasteiger partial charge in [-0.3, -0.25) is 13.9 Å². The van der Waals surface area contributed by atoms with Gasteiger partial charge in [-0.15, -0.1) is 0 Å². The molecule has 0 amide bonds. The van der Waals surface area contributed by atoms with Crippen LogP contribution in [-0.2, 0) is 22.6 Å². The molecule has 1 aromatic carbocycles. The summed E-state index contributed by atoms with van der Waals surface area (Å²) in [5, 5.41) is 0. The molecular weight excluding hydrogens is 232 g/mol. The van der Waals surface area contributed by atoms with E-state index in [-0.39, 0.29) is 24.6 Å². The predicted molar refractivity (Wildman–Crippen MR) is 68.8 cm³/mol. The first-order valence-corrected chi connectivity index (χ1v) is 5.87. The number of nitrogens with zero attached hydrogens (tertiary/aromatic N) is 2. The van der Waals surface area contributed by atoms with Crippen molar-refractivity contribution in [3.63, 3.8) is 0 Å². The zero-order valence-corrected chi connectivity index (χ0v) is 10.5. The Balaban J connectivity index is 2.53. The summed E-state index contributed by atoms with van der Waals surface area (Å²) < 4.78 is 7.95. The fourth-order valence-electron chi connectivity index (χ4n) is 2.11. The zero-order valence-electron chi connectivity index (χ0n) is 10.5. The number of hydrogen-bond acceptors (Lipinski definition) is 3. The monoisotopic (exact) mass is 248 g/mol. The van der Waals surface area contributed by atoms with Crippen molar-refractivity contribution in [1.82, 2.24) is 9.13 Å². The summed E-state index contributed by atoms with van der Waals surface area (Å²) in [6.45, 7) is 2.58. The van der Waals surface area contributed by atoms with E-state index in [4.69, 9.17) is 4.74 Å². The van der Waals surface area contributed by atoms with Gasteiger partial charge >= 0.3 is 5.69 Å². The minimum atomic E-state index is -0.150. The fourth-order valence-corrected chi connectivity index (χ4v) is 2.11. The molecule has 5 heteroatoms. The van der Waals surface area contributed by atoms with Crippen molar-refractivity contribution in [2.24, 2.45) is 0 Å². The van der Waals surface area contributed by atoms with Gasteiger partial charge < -0.3 is 4.74 Å². The second-order valence-electron chi connectivity index (χ2n) is 4.07. The van der Waals surface area contributed by atoms with Crippen LogP contribution in [0.15, 0.2) is 29.1 Å². The van der Waals surface area contributed by atoms with E-state index in [1.54, 1.807) is 4.57 Å². The van der Waals surface area contributed by atoms with Crippen molar-refractivity contribution in [2.45, 2.75) is 20.0 Å². The smallest absolute Gasteiger partial charge is 0.329 e. The molecule has 0 atom stereocenters. The molecule has 96 valence electrons. The molecule has 0 spiro atoms. The summed E-state index contributed by atoms with van der Waals surface area (Å²) in [4.78, 5) is 23.8. The summed E-state index contributed by atoms with van der Waals surface area (Å²) in [6, 6.07) is 7.48. The molecule has 1 heterocycles. The number of aryl methyl sites for hydroxylation is 1. The van der Waals surface area contributed by atoms with Crippen LogP contribution in [0.2, 0.25) is 0 Å².